The average molecular weight is 389 g/mol. The number of amides is 2. The molecule has 0 saturated carbocycles. The van der Waals surface area contributed by atoms with Crippen molar-refractivity contribution in [3.63, 3.8) is 0 Å². The number of benzene rings is 2. The lowest BCUT2D eigenvalue weighted by Gasteiger charge is -2.09. The van der Waals surface area contributed by atoms with Crippen LogP contribution in [0.2, 0.25) is 10.0 Å². The van der Waals surface area contributed by atoms with E-state index >= 15 is 0 Å². The third-order valence-electron chi connectivity index (χ3n) is 4.00. The van der Waals surface area contributed by atoms with Crippen LogP contribution in [0.5, 0.6) is 0 Å². The molecule has 2 N–H and O–H groups in total. The van der Waals surface area contributed by atoms with E-state index in [1.54, 1.807) is 24.3 Å². The van der Waals surface area contributed by atoms with E-state index in [2.05, 4.69) is 10.6 Å². The van der Waals surface area contributed by atoms with Crippen molar-refractivity contribution in [2.75, 3.05) is 10.6 Å². The summed E-state index contributed by atoms with van der Waals surface area (Å²) in [5.41, 5.74) is 2.10. The number of anilines is 2. The zero-order valence-corrected chi connectivity index (χ0v) is 15.5. The minimum Gasteiger partial charge on any atom is -0.459 e. The largest absolute Gasteiger partial charge is 0.459 e. The molecule has 0 aliphatic rings. The van der Waals surface area contributed by atoms with Gasteiger partial charge in [-0.05, 0) is 50.2 Å². The van der Waals surface area contributed by atoms with Crippen molar-refractivity contribution in [1.29, 1.82) is 0 Å². The van der Waals surface area contributed by atoms with Gasteiger partial charge in [0.1, 0.15) is 11.5 Å². The number of furan rings is 2. The van der Waals surface area contributed by atoms with Crippen LogP contribution in [0.25, 0.3) is 21.9 Å². The van der Waals surface area contributed by atoms with Gasteiger partial charge in [0.15, 0.2) is 11.2 Å². The summed E-state index contributed by atoms with van der Waals surface area (Å²) in [6, 6.07) is 10.0. The summed E-state index contributed by atoms with van der Waals surface area (Å²) in [7, 11) is 0. The number of carbonyl (C=O) groups excluding carboxylic acids is 1. The molecule has 0 bridgehead atoms. The molecule has 2 amide bonds. The van der Waals surface area contributed by atoms with E-state index in [1.165, 1.54) is 0 Å². The number of rotatable bonds is 2. The van der Waals surface area contributed by atoms with Crippen LogP contribution in [0.4, 0.5) is 16.2 Å². The molecule has 0 saturated heterocycles. The van der Waals surface area contributed by atoms with Crippen LogP contribution in [0, 0.1) is 13.8 Å². The minimum absolute atomic E-state index is 0.430. The molecule has 5 nitrogen and oxygen atoms in total. The highest BCUT2D eigenvalue weighted by atomic mass is 35.5. The minimum atomic E-state index is -0.430. The molecule has 0 atom stereocenters. The van der Waals surface area contributed by atoms with E-state index in [1.807, 2.05) is 26.0 Å². The van der Waals surface area contributed by atoms with Gasteiger partial charge in [0.25, 0.3) is 0 Å². The number of fused-ring (bicyclic) bond motifs is 2. The highest BCUT2D eigenvalue weighted by Gasteiger charge is 2.15. The zero-order valence-electron chi connectivity index (χ0n) is 13.9. The Balaban J connectivity index is 1.64. The first-order chi connectivity index (χ1) is 12.4. The smallest absolute Gasteiger partial charge is 0.323 e. The zero-order chi connectivity index (χ0) is 18.4. The maximum atomic E-state index is 12.5. The molecule has 132 valence electrons. The lowest BCUT2D eigenvalue weighted by molar-refractivity contribution is 0.262. The number of nitrogens with one attached hydrogen (secondary N) is 2. The van der Waals surface area contributed by atoms with Gasteiger partial charge in [-0.1, -0.05) is 23.2 Å². The molecule has 0 fully saturated rings. The number of hydrogen-bond acceptors (Lipinski definition) is 3. The first-order valence-corrected chi connectivity index (χ1v) is 8.63. The summed E-state index contributed by atoms with van der Waals surface area (Å²) < 4.78 is 11.3. The quantitative estimate of drug-likeness (QED) is 0.399. The Hall–Kier alpha value is -2.63. The van der Waals surface area contributed by atoms with Gasteiger partial charge in [0, 0.05) is 10.8 Å². The SMILES string of the molecule is Cc1cc2c(Cl)ccc(NC(=O)Nc3ccc(Cl)c4cc(C)oc34)c2o1. The maximum Gasteiger partial charge on any atom is 0.323 e. The molecule has 0 radical (unpaired) electrons. The number of carbonyl (C=O) groups is 1. The maximum absolute atomic E-state index is 12.5. The molecule has 7 heteroatoms. The van der Waals surface area contributed by atoms with Crippen LogP contribution in [0.15, 0.2) is 45.2 Å². The molecule has 4 aromatic rings. The molecular formula is C19H14Cl2N2O3. The van der Waals surface area contributed by atoms with Gasteiger partial charge >= 0.3 is 6.03 Å². The molecular weight excluding hydrogens is 375 g/mol. The fourth-order valence-corrected chi connectivity index (χ4v) is 3.31. The number of urea groups is 1. The predicted molar refractivity (Wildman–Crippen MR) is 105 cm³/mol. The van der Waals surface area contributed by atoms with Crippen LogP contribution in [0.1, 0.15) is 11.5 Å². The first kappa shape index (κ1) is 16.8. The van der Waals surface area contributed by atoms with E-state index in [9.17, 15) is 4.79 Å². The van der Waals surface area contributed by atoms with Gasteiger partial charge in [-0.2, -0.15) is 0 Å². The lowest BCUT2D eigenvalue weighted by Crippen LogP contribution is -2.19. The second-order valence-electron chi connectivity index (χ2n) is 5.97. The standard InChI is InChI=1S/C19H14Cl2N2O3/c1-9-7-11-13(20)3-5-15(17(11)25-9)22-19(24)23-16-6-4-14(21)12-8-10(2)26-18(12)16/h3-8H,1-2H3,(H2,22,23,24). The highest BCUT2D eigenvalue weighted by molar-refractivity contribution is 6.36. The van der Waals surface area contributed by atoms with E-state index in [0.29, 0.717) is 44.1 Å². The van der Waals surface area contributed by atoms with Crippen LogP contribution in [-0.2, 0) is 0 Å². The van der Waals surface area contributed by atoms with Gasteiger partial charge in [-0.25, -0.2) is 4.79 Å². The van der Waals surface area contributed by atoms with Crippen molar-refractivity contribution >= 4 is 62.5 Å². The normalized spacial score (nSPS) is 11.2. The van der Waals surface area contributed by atoms with E-state index in [-0.39, 0.29) is 0 Å². The Bertz CT molecular complexity index is 1070. The van der Waals surface area contributed by atoms with Crippen LogP contribution in [-0.4, -0.2) is 6.03 Å². The van der Waals surface area contributed by atoms with Crippen molar-refractivity contribution in [3.8, 4) is 0 Å². The molecule has 26 heavy (non-hydrogen) atoms. The van der Waals surface area contributed by atoms with Gasteiger partial charge < -0.3 is 19.5 Å². The van der Waals surface area contributed by atoms with Gasteiger partial charge in [0.05, 0.1) is 21.4 Å². The summed E-state index contributed by atoms with van der Waals surface area (Å²) >= 11 is 12.4. The predicted octanol–water partition coefficient (Wildman–Crippen LogP) is 6.75. The Morgan fingerprint density at radius 2 is 1.23 bits per heavy atom. The molecule has 2 heterocycles. The van der Waals surface area contributed by atoms with Gasteiger partial charge in [-0.3, -0.25) is 0 Å². The molecule has 2 aromatic heterocycles. The second kappa shape index (κ2) is 6.27. The number of halogens is 2. The third kappa shape index (κ3) is 2.89. The third-order valence-corrected chi connectivity index (χ3v) is 4.66. The topological polar surface area (TPSA) is 67.4 Å². The fourth-order valence-electron chi connectivity index (χ4n) is 2.90. The average Bonchev–Trinajstić information content (AvgIpc) is 3.17. The van der Waals surface area contributed by atoms with Crippen molar-refractivity contribution in [2.24, 2.45) is 0 Å². The lowest BCUT2D eigenvalue weighted by atomic mass is 10.2. The van der Waals surface area contributed by atoms with Crippen LogP contribution >= 0.6 is 23.2 Å². The number of hydrogen-bond donors (Lipinski definition) is 2. The summed E-state index contributed by atoms with van der Waals surface area (Å²) in [5, 5.41) is 8.19. The molecule has 0 unspecified atom stereocenters. The summed E-state index contributed by atoms with van der Waals surface area (Å²) in [6.45, 7) is 3.65. The molecule has 0 aliphatic heterocycles. The summed E-state index contributed by atoms with van der Waals surface area (Å²) in [4.78, 5) is 12.5. The first-order valence-electron chi connectivity index (χ1n) is 7.87. The molecule has 0 aliphatic carbocycles. The van der Waals surface area contributed by atoms with Crippen molar-refractivity contribution < 1.29 is 13.6 Å². The van der Waals surface area contributed by atoms with E-state index in [0.717, 1.165) is 10.8 Å². The Labute approximate surface area is 158 Å². The van der Waals surface area contributed by atoms with Crippen LogP contribution in [0.3, 0.4) is 0 Å². The summed E-state index contributed by atoms with van der Waals surface area (Å²) in [6.07, 6.45) is 0. The van der Waals surface area contributed by atoms with Crippen LogP contribution < -0.4 is 10.6 Å². The number of aryl methyl sites for hydroxylation is 2. The van der Waals surface area contributed by atoms with Crippen molar-refractivity contribution in [1.82, 2.24) is 0 Å². The summed E-state index contributed by atoms with van der Waals surface area (Å²) in [5.74, 6) is 1.42. The van der Waals surface area contributed by atoms with Gasteiger partial charge in [-0.15, -0.1) is 0 Å². The van der Waals surface area contributed by atoms with Crippen molar-refractivity contribution in [3.05, 3.63) is 58.0 Å². The highest BCUT2D eigenvalue weighted by Crippen LogP contribution is 2.34. The monoisotopic (exact) mass is 388 g/mol. The van der Waals surface area contributed by atoms with E-state index < -0.39 is 6.03 Å². The Morgan fingerprint density at radius 1 is 0.808 bits per heavy atom. The Kier molecular flexibility index (Phi) is 4.05. The molecule has 0 spiro atoms. The molecule has 2 aromatic carbocycles. The Morgan fingerprint density at radius 3 is 1.65 bits per heavy atom. The van der Waals surface area contributed by atoms with Crippen molar-refractivity contribution in [2.45, 2.75) is 13.8 Å². The second-order valence-corrected chi connectivity index (χ2v) is 6.78. The van der Waals surface area contributed by atoms with E-state index in [4.69, 9.17) is 32.0 Å². The molecule has 4 rings (SSSR count). The fraction of sp³-hybridized carbons (Fsp3) is 0.105. The van der Waals surface area contributed by atoms with Gasteiger partial charge in [0.2, 0.25) is 0 Å².